The highest BCUT2D eigenvalue weighted by Crippen LogP contribution is 2.11. The summed E-state index contributed by atoms with van der Waals surface area (Å²) in [6.07, 6.45) is 2.06. The molecule has 1 rings (SSSR count). The summed E-state index contributed by atoms with van der Waals surface area (Å²) in [5.74, 6) is -0.871. The number of rotatable bonds is 6. The van der Waals surface area contributed by atoms with Gasteiger partial charge in [0.1, 0.15) is 0 Å². The number of nitrogens with one attached hydrogen (secondary N) is 3. The van der Waals surface area contributed by atoms with Crippen LogP contribution in [0.25, 0.3) is 0 Å². The van der Waals surface area contributed by atoms with E-state index in [1.807, 2.05) is 6.92 Å². The van der Waals surface area contributed by atoms with Crippen LogP contribution >= 0.6 is 0 Å². The van der Waals surface area contributed by atoms with Crippen molar-refractivity contribution in [3.8, 4) is 0 Å². The molecule has 106 valence electrons. The standard InChI is InChI=1S/C12H20N4O3/c1-8-9(7-14-16-8)6-13-11(19)15-12(2,3)5-4-10(17)18/h7H,4-6H2,1-3H3,(H,14,16)(H,17,18)(H2,13,15,19). The third-order valence-corrected chi connectivity index (χ3v) is 2.79. The first kappa shape index (κ1) is 15.0. The molecule has 2 amide bonds. The molecule has 0 aromatic carbocycles. The Labute approximate surface area is 111 Å². The Morgan fingerprint density at radius 2 is 2.16 bits per heavy atom. The van der Waals surface area contributed by atoms with Crippen molar-refractivity contribution in [1.82, 2.24) is 20.8 Å². The van der Waals surface area contributed by atoms with Gasteiger partial charge in [0, 0.05) is 29.8 Å². The van der Waals surface area contributed by atoms with E-state index in [2.05, 4.69) is 20.8 Å². The summed E-state index contributed by atoms with van der Waals surface area (Å²) in [6, 6.07) is -0.323. The Hall–Kier alpha value is -2.05. The van der Waals surface area contributed by atoms with Gasteiger partial charge in [-0.2, -0.15) is 5.10 Å². The highest BCUT2D eigenvalue weighted by Gasteiger charge is 2.21. The molecule has 0 saturated carbocycles. The molecule has 0 unspecified atom stereocenters. The van der Waals surface area contributed by atoms with Gasteiger partial charge in [-0.3, -0.25) is 9.89 Å². The number of hydrogen-bond acceptors (Lipinski definition) is 3. The number of carboxylic acids is 1. The number of hydrogen-bond donors (Lipinski definition) is 4. The van der Waals surface area contributed by atoms with Gasteiger partial charge >= 0.3 is 12.0 Å². The maximum atomic E-state index is 11.7. The molecule has 0 atom stereocenters. The zero-order valence-electron chi connectivity index (χ0n) is 11.4. The minimum Gasteiger partial charge on any atom is -0.481 e. The molecule has 0 bridgehead atoms. The molecular formula is C12H20N4O3. The van der Waals surface area contributed by atoms with E-state index in [1.54, 1.807) is 20.0 Å². The van der Waals surface area contributed by atoms with Gasteiger partial charge in [-0.15, -0.1) is 0 Å². The lowest BCUT2D eigenvalue weighted by Crippen LogP contribution is -2.48. The lowest BCUT2D eigenvalue weighted by molar-refractivity contribution is -0.137. The summed E-state index contributed by atoms with van der Waals surface area (Å²) in [4.78, 5) is 22.2. The van der Waals surface area contributed by atoms with Crippen LogP contribution in [0.1, 0.15) is 37.9 Å². The largest absolute Gasteiger partial charge is 0.481 e. The lowest BCUT2D eigenvalue weighted by Gasteiger charge is -2.25. The normalized spacial score (nSPS) is 11.1. The van der Waals surface area contributed by atoms with Crippen LogP contribution < -0.4 is 10.6 Å². The maximum Gasteiger partial charge on any atom is 0.315 e. The molecule has 0 fully saturated rings. The van der Waals surface area contributed by atoms with Crippen LogP contribution in [-0.2, 0) is 11.3 Å². The Kier molecular flexibility index (Phi) is 4.91. The zero-order valence-corrected chi connectivity index (χ0v) is 11.4. The smallest absolute Gasteiger partial charge is 0.315 e. The number of H-pyrrole nitrogens is 1. The quantitative estimate of drug-likeness (QED) is 0.621. The Balaban J connectivity index is 2.38. The fourth-order valence-corrected chi connectivity index (χ4v) is 1.56. The van der Waals surface area contributed by atoms with Gasteiger partial charge in [-0.25, -0.2) is 4.79 Å². The second-order valence-electron chi connectivity index (χ2n) is 5.11. The van der Waals surface area contributed by atoms with E-state index in [-0.39, 0.29) is 12.5 Å². The van der Waals surface area contributed by atoms with Crippen LogP contribution in [0.2, 0.25) is 0 Å². The highest BCUT2D eigenvalue weighted by atomic mass is 16.4. The van der Waals surface area contributed by atoms with Crippen LogP contribution in [0.4, 0.5) is 4.79 Å². The average molecular weight is 268 g/mol. The molecule has 0 spiro atoms. The number of aromatic amines is 1. The van der Waals surface area contributed by atoms with Crippen LogP contribution in [0, 0.1) is 6.92 Å². The van der Waals surface area contributed by atoms with Crippen molar-refractivity contribution >= 4 is 12.0 Å². The number of carbonyl (C=O) groups is 2. The summed E-state index contributed by atoms with van der Waals surface area (Å²) >= 11 is 0. The molecule has 19 heavy (non-hydrogen) atoms. The first-order chi connectivity index (χ1) is 8.80. The molecule has 0 aliphatic carbocycles. The van der Waals surface area contributed by atoms with Crippen molar-refractivity contribution < 1.29 is 14.7 Å². The topological polar surface area (TPSA) is 107 Å². The predicted molar refractivity (Wildman–Crippen MR) is 69.6 cm³/mol. The fraction of sp³-hybridized carbons (Fsp3) is 0.583. The molecule has 4 N–H and O–H groups in total. The van der Waals surface area contributed by atoms with Crippen LogP contribution in [0.3, 0.4) is 0 Å². The molecule has 1 aromatic rings. The molecule has 0 aliphatic heterocycles. The second-order valence-corrected chi connectivity index (χ2v) is 5.11. The molecule has 0 aliphatic rings. The van der Waals surface area contributed by atoms with Crippen molar-refractivity contribution in [3.63, 3.8) is 0 Å². The molecule has 7 nitrogen and oxygen atoms in total. The summed E-state index contributed by atoms with van der Waals surface area (Å²) < 4.78 is 0. The van der Waals surface area contributed by atoms with Crippen LogP contribution in [0.15, 0.2) is 6.20 Å². The number of nitrogens with zero attached hydrogens (tertiary/aromatic N) is 1. The fourth-order valence-electron chi connectivity index (χ4n) is 1.56. The van der Waals surface area contributed by atoms with E-state index in [1.165, 1.54) is 0 Å². The Bertz CT molecular complexity index is 454. The maximum absolute atomic E-state index is 11.7. The summed E-state index contributed by atoms with van der Waals surface area (Å²) in [5.41, 5.74) is 1.26. The van der Waals surface area contributed by atoms with Crippen molar-refractivity contribution in [3.05, 3.63) is 17.5 Å². The van der Waals surface area contributed by atoms with E-state index in [0.29, 0.717) is 13.0 Å². The highest BCUT2D eigenvalue weighted by molar-refractivity contribution is 5.75. The minimum atomic E-state index is -0.871. The van der Waals surface area contributed by atoms with E-state index in [0.717, 1.165) is 11.3 Å². The Morgan fingerprint density at radius 1 is 1.47 bits per heavy atom. The van der Waals surface area contributed by atoms with E-state index in [4.69, 9.17) is 5.11 Å². The van der Waals surface area contributed by atoms with Crippen molar-refractivity contribution in [2.45, 2.75) is 45.7 Å². The first-order valence-electron chi connectivity index (χ1n) is 6.07. The molecular weight excluding hydrogens is 248 g/mol. The zero-order chi connectivity index (χ0) is 14.5. The van der Waals surface area contributed by atoms with E-state index < -0.39 is 11.5 Å². The molecule has 1 aromatic heterocycles. The average Bonchev–Trinajstić information content (AvgIpc) is 2.69. The minimum absolute atomic E-state index is 0.0219. The van der Waals surface area contributed by atoms with Gasteiger partial charge in [0.25, 0.3) is 0 Å². The monoisotopic (exact) mass is 268 g/mol. The van der Waals surface area contributed by atoms with Crippen molar-refractivity contribution in [2.24, 2.45) is 0 Å². The van der Waals surface area contributed by atoms with Crippen LogP contribution in [-0.4, -0.2) is 32.8 Å². The van der Waals surface area contributed by atoms with Gasteiger partial charge in [0.15, 0.2) is 0 Å². The van der Waals surface area contributed by atoms with Crippen LogP contribution in [0.5, 0.6) is 0 Å². The number of aromatic nitrogens is 2. The Morgan fingerprint density at radius 3 is 2.68 bits per heavy atom. The molecule has 0 radical (unpaired) electrons. The SMILES string of the molecule is Cc1[nH]ncc1CNC(=O)NC(C)(C)CCC(=O)O. The van der Waals surface area contributed by atoms with Gasteiger partial charge in [0.2, 0.25) is 0 Å². The van der Waals surface area contributed by atoms with Gasteiger partial charge < -0.3 is 15.7 Å². The molecule has 7 heteroatoms. The third-order valence-electron chi connectivity index (χ3n) is 2.79. The van der Waals surface area contributed by atoms with E-state index in [9.17, 15) is 9.59 Å². The van der Waals surface area contributed by atoms with Gasteiger partial charge in [-0.1, -0.05) is 0 Å². The number of carboxylic acid groups (broad SMARTS) is 1. The third kappa shape index (κ3) is 5.41. The summed E-state index contributed by atoms with van der Waals surface area (Å²) in [6.45, 7) is 5.83. The van der Waals surface area contributed by atoms with Crippen molar-refractivity contribution in [2.75, 3.05) is 0 Å². The molecule has 0 saturated heterocycles. The first-order valence-corrected chi connectivity index (χ1v) is 6.07. The number of carbonyl (C=O) groups excluding carboxylic acids is 1. The second kappa shape index (κ2) is 6.21. The van der Waals surface area contributed by atoms with Crippen molar-refractivity contribution in [1.29, 1.82) is 0 Å². The number of urea groups is 1. The number of aryl methyl sites for hydroxylation is 1. The predicted octanol–water partition coefficient (Wildman–Crippen LogP) is 1.16. The summed E-state index contributed by atoms with van der Waals surface area (Å²) in [5, 5.41) is 20.7. The van der Waals surface area contributed by atoms with Gasteiger partial charge in [0.05, 0.1) is 6.20 Å². The molecule has 1 heterocycles. The number of aliphatic carboxylic acids is 1. The lowest BCUT2D eigenvalue weighted by atomic mass is 9.99. The van der Waals surface area contributed by atoms with E-state index >= 15 is 0 Å². The summed E-state index contributed by atoms with van der Waals surface area (Å²) in [7, 11) is 0. The van der Waals surface area contributed by atoms with Gasteiger partial charge in [-0.05, 0) is 27.2 Å². The number of amides is 2.